The molecule has 0 aromatic heterocycles. The van der Waals surface area contributed by atoms with Gasteiger partial charge in [0.1, 0.15) is 5.70 Å². The maximum absolute atomic E-state index is 11.1. The maximum Gasteiger partial charge on any atom is 0.270 e. The molecular formula is C8H14N4O2. The molecule has 0 saturated carbocycles. The summed E-state index contributed by atoms with van der Waals surface area (Å²) in [6.07, 6.45) is 1.43. The van der Waals surface area contributed by atoms with Crippen LogP contribution in [0, 0.1) is 0 Å². The van der Waals surface area contributed by atoms with Crippen LogP contribution >= 0.6 is 0 Å². The summed E-state index contributed by atoms with van der Waals surface area (Å²) in [5.74, 6) is -0.767. The van der Waals surface area contributed by atoms with Gasteiger partial charge < -0.3 is 16.4 Å². The summed E-state index contributed by atoms with van der Waals surface area (Å²) in [5, 5.41) is 4.68. The molecule has 0 bridgehead atoms. The van der Waals surface area contributed by atoms with Gasteiger partial charge in [0, 0.05) is 20.2 Å². The zero-order chi connectivity index (χ0) is 11.1. The van der Waals surface area contributed by atoms with Crippen LogP contribution in [-0.4, -0.2) is 25.1 Å². The third kappa shape index (κ3) is 3.70. The lowest BCUT2D eigenvalue weighted by molar-refractivity contribution is -0.118. The van der Waals surface area contributed by atoms with E-state index in [1.54, 1.807) is 6.92 Å². The Bertz CT molecular complexity index is 294. The summed E-state index contributed by atoms with van der Waals surface area (Å²) < 4.78 is 0. The Balaban J connectivity index is 4.94. The molecule has 0 heterocycles. The van der Waals surface area contributed by atoms with Gasteiger partial charge >= 0.3 is 0 Å². The van der Waals surface area contributed by atoms with Crippen LogP contribution < -0.4 is 16.4 Å². The topological polar surface area (TPSA) is 96.6 Å². The fourth-order valence-corrected chi connectivity index (χ4v) is 0.707. The first kappa shape index (κ1) is 12.2. The van der Waals surface area contributed by atoms with Gasteiger partial charge in [0.15, 0.2) is 5.82 Å². The molecule has 0 atom stereocenters. The van der Waals surface area contributed by atoms with E-state index < -0.39 is 5.91 Å². The minimum Gasteiger partial charge on any atom is -0.391 e. The van der Waals surface area contributed by atoms with E-state index in [-0.39, 0.29) is 17.4 Å². The standard InChI is InChI=1S/C8H14N4O2/c1-4-11-7(12-5(2)13)6(9)8(14)10-3/h4H,9H2,1-3H3,(H,10,14)(H,12,13)/b7-6+,11-4?. The number of nitrogens with one attached hydrogen (secondary N) is 2. The van der Waals surface area contributed by atoms with E-state index in [2.05, 4.69) is 15.6 Å². The number of carbonyl (C=O) groups excluding carboxylic acids is 2. The maximum atomic E-state index is 11.1. The highest BCUT2D eigenvalue weighted by Gasteiger charge is 2.10. The molecule has 6 nitrogen and oxygen atoms in total. The minimum atomic E-state index is -0.487. The lowest BCUT2D eigenvalue weighted by Gasteiger charge is -2.06. The van der Waals surface area contributed by atoms with Crippen LogP contribution in [0.4, 0.5) is 0 Å². The second kappa shape index (κ2) is 5.74. The molecular weight excluding hydrogens is 184 g/mol. The quantitative estimate of drug-likeness (QED) is 0.404. The van der Waals surface area contributed by atoms with Gasteiger partial charge in [-0.05, 0) is 6.92 Å². The van der Waals surface area contributed by atoms with Crippen molar-refractivity contribution in [2.45, 2.75) is 13.8 Å². The first-order chi connectivity index (χ1) is 6.52. The van der Waals surface area contributed by atoms with Crippen molar-refractivity contribution in [3.63, 3.8) is 0 Å². The molecule has 14 heavy (non-hydrogen) atoms. The molecule has 0 saturated heterocycles. The molecule has 2 amide bonds. The highest BCUT2D eigenvalue weighted by Crippen LogP contribution is 1.96. The number of likely N-dealkylation sites (N-methyl/N-ethyl adjacent to an activating group) is 1. The van der Waals surface area contributed by atoms with Gasteiger partial charge in [0.25, 0.3) is 5.91 Å². The number of carbonyl (C=O) groups is 2. The summed E-state index contributed by atoms with van der Waals surface area (Å²) in [6, 6.07) is 0. The molecule has 0 aromatic carbocycles. The lowest BCUT2D eigenvalue weighted by atomic mass is 10.4. The fourth-order valence-electron chi connectivity index (χ4n) is 0.707. The highest BCUT2D eigenvalue weighted by atomic mass is 16.2. The normalized spacial score (nSPS) is 12.2. The zero-order valence-electron chi connectivity index (χ0n) is 8.42. The minimum absolute atomic E-state index is 0.0550. The summed E-state index contributed by atoms with van der Waals surface area (Å²) in [4.78, 5) is 25.6. The van der Waals surface area contributed by atoms with Gasteiger partial charge in [0.2, 0.25) is 5.91 Å². The van der Waals surface area contributed by atoms with Crippen molar-refractivity contribution in [3.8, 4) is 0 Å². The van der Waals surface area contributed by atoms with Crippen molar-refractivity contribution in [1.29, 1.82) is 0 Å². The Labute approximate surface area is 82.3 Å². The SMILES string of the molecule is CC=N/C(NC(C)=O)=C(\N)C(=O)NC. The van der Waals surface area contributed by atoms with Crippen LogP contribution in [0.15, 0.2) is 16.5 Å². The van der Waals surface area contributed by atoms with E-state index in [9.17, 15) is 9.59 Å². The van der Waals surface area contributed by atoms with Crippen molar-refractivity contribution in [2.75, 3.05) is 7.05 Å². The Morgan fingerprint density at radius 1 is 1.43 bits per heavy atom. The third-order valence-electron chi connectivity index (χ3n) is 1.28. The molecule has 0 aliphatic heterocycles. The first-order valence-corrected chi connectivity index (χ1v) is 4.01. The number of amides is 2. The van der Waals surface area contributed by atoms with Gasteiger partial charge in [-0.2, -0.15) is 0 Å². The van der Waals surface area contributed by atoms with Crippen molar-refractivity contribution < 1.29 is 9.59 Å². The number of rotatable bonds is 3. The zero-order valence-corrected chi connectivity index (χ0v) is 8.42. The largest absolute Gasteiger partial charge is 0.391 e. The van der Waals surface area contributed by atoms with E-state index in [4.69, 9.17) is 5.73 Å². The Morgan fingerprint density at radius 2 is 2.00 bits per heavy atom. The summed E-state index contributed by atoms with van der Waals surface area (Å²) in [6.45, 7) is 2.96. The molecule has 4 N–H and O–H groups in total. The van der Waals surface area contributed by atoms with E-state index in [0.717, 1.165) is 0 Å². The van der Waals surface area contributed by atoms with Crippen LogP contribution in [0.3, 0.4) is 0 Å². The molecule has 0 radical (unpaired) electrons. The molecule has 0 aliphatic rings. The van der Waals surface area contributed by atoms with Gasteiger partial charge in [-0.15, -0.1) is 0 Å². The van der Waals surface area contributed by atoms with Gasteiger partial charge in [-0.1, -0.05) is 0 Å². The number of aliphatic imine (C=N–C) groups is 1. The molecule has 0 spiro atoms. The van der Waals surface area contributed by atoms with E-state index in [0.29, 0.717) is 0 Å². The monoisotopic (exact) mass is 198 g/mol. The predicted molar refractivity (Wildman–Crippen MR) is 53.3 cm³/mol. The Hall–Kier alpha value is -1.85. The average Bonchev–Trinajstić information content (AvgIpc) is 2.14. The van der Waals surface area contributed by atoms with Crippen LogP contribution in [0.2, 0.25) is 0 Å². The van der Waals surface area contributed by atoms with Crippen molar-refractivity contribution >= 4 is 18.0 Å². The van der Waals surface area contributed by atoms with E-state index in [1.807, 2.05) is 0 Å². The smallest absolute Gasteiger partial charge is 0.270 e. The van der Waals surface area contributed by atoms with Crippen molar-refractivity contribution in [1.82, 2.24) is 10.6 Å². The number of nitrogens with zero attached hydrogens (tertiary/aromatic N) is 1. The Kier molecular flexibility index (Phi) is 4.98. The second-order valence-electron chi connectivity index (χ2n) is 2.41. The van der Waals surface area contributed by atoms with Gasteiger partial charge in [-0.3, -0.25) is 9.59 Å². The van der Waals surface area contributed by atoms with Crippen LogP contribution in [0.5, 0.6) is 0 Å². The van der Waals surface area contributed by atoms with Crippen LogP contribution in [0.1, 0.15) is 13.8 Å². The predicted octanol–water partition coefficient (Wildman–Crippen LogP) is -0.913. The van der Waals surface area contributed by atoms with Crippen molar-refractivity contribution in [2.24, 2.45) is 10.7 Å². The molecule has 0 aromatic rings. The average molecular weight is 198 g/mol. The van der Waals surface area contributed by atoms with E-state index in [1.165, 1.54) is 20.2 Å². The molecule has 0 rings (SSSR count). The van der Waals surface area contributed by atoms with Gasteiger partial charge in [-0.25, -0.2) is 4.99 Å². The molecule has 78 valence electrons. The molecule has 6 heteroatoms. The Morgan fingerprint density at radius 3 is 2.36 bits per heavy atom. The summed E-state index contributed by atoms with van der Waals surface area (Å²) in [5.41, 5.74) is 5.32. The summed E-state index contributed by atoms with van der Waals surface area (Å²) in [7, 11) is 1.44. The number of hydrogen-bond donors (Lipinski definition) is 3. The third-order valence-corrected chi connectivity index (χ3v) is 1.28. The van der Waals surface area contributed by atoms with Crippen molar-refractivity contribution in [3.05, 3.63) is 11.5 Å². The summed E-state index contributed by atoms with van der Waals surface area (Å²) >= 11 is 0. The second-order valence-corrected chi connectivity index (χ2v) is 2.41. The van der Waals surface area contributed by atoms with Crippen LogP contribution in [0.25, 0.3) is 0 Å². The first-order valence-electron chi connectivity index (χ1n) is 4.01. The number of nitrogens with two attached hydrogens (primary N) is 1. The fraction of sp³-hybridized carbons (Fsp3) is 0.375. The molecule has 0 fully saturated rings. The molecule has 0 unspecified atom stereocenters. The number of hydrogen-bond acceptors (Lipinski definition) is 4. The lowest BCUT2D eigenvalue weighted by Crippen LogP contribution is -2.31. The molecule has 0 aliphatic carbocycles. The van der Waals surface area contributed by atoms with Gasteiger partial charge in [0.05, 0.1) is 0 Å². The van der Waals surface area contributed by atoms with Crippen LogP contribution in [-0.2, 0) is 9.59 Å². The highest BCUT2D eigenvalue weighted by molar-refractivity contribution is 5.93. The van der Waals surface area contributed by atoms with E-state index >= 15 is 0 Å².